The second kappa shape index (κ2) is 7.80. The quantitative estimate of drug-likeness (QED) is 0.680. The van der Waals surface area contributed by atoms with Crippen molar-refractivity contribution in [3.63, 3.8) is 0 Å². The van der Waals surface area contributed by atoms with Crippen molar-refractivity contribution in [3.05, 3.63) is 33.7 Å². The molecule has 0 unspecified atom stereocenters. The highest BCUT2D eigenvalue weighted by Crippen LogP contribution is 2.41. The monoisotopic (exact) mass is 439 g/mol. The minimum Gasteiger partial charge on any atom is -0.507 e. The molecule has 1 saturated heterocycles. The van der Waals surface area contributed by atoms with E-state index < -0.39 is 21.2 Å². The summed E-state index contributed by atoms with van der Waals surface area (Å²) < 4.78 is 24.9. The first-order chi connectivity index (χ1) is 13.1. The first-order valence-corrected chi connectivity index (χ1v) is 11.9. The van der Waals surface area contributed by atoms with Gasteiger partial charge in [0.2, 0.25) is 10.0 Å². The Bertz CT molecular complexity index is 944. The van der Waals surface area contributed by atoms with E-state index in [1.807, 2.05) is 41.5 Å². The van der Waals surface area contributed by atoms with Gasteiger partial charge in [0.1, 0.15) is 5.75 Å². The largest absolute Gasteiger partial charge is 0.507 e. The summed E-state index contributed by atoms with van der Waals surface area (Å²) in [6.07, 6.45) is 1.83. The number of phenolic OH excluding ortho intramolecular Hbond substituents is 1. The highest BCUT2D eigenvalue weighted by atomic mass is 32.2. The van der Waals surface area contributed by atoms with E-state index in [1.54, 1.807) is 19.1 Å². The Kier molecular flexibility index (Phi) is 6.31. The summed E-state index contributed by atoms with van der Waals surface area (Å²) in [6, 6.07) is 3.55. The first kappa shape index (κ1) is 23.5. The van der Waals surface area contributed by atoms with E-state index in [1.165, 1.54) is 6.08 Å². The molecule has 2 amide bonds. The number of carbonyl (C=O) groups is 2. The van der Waals surface area contributed by atoms with Crippen molar-refractivity contribution in [3.8, 4) is 5.75 Å². The fraction of sp³-hybridized carbons (Fsp3) is 0.524. The van der Waals surface area contributed by atoms with Crippen LogP contribution in [0.2, 0.25) is 0 Å². The zero-order chi connectivity index (χ0) is 22.4. The van der Waals surface area contributed by atoms with Gasteiger partial charge in [0.05, 0.1) is 10.7 Å². The lowest BCUT2D eigenvalue weighted by molar-refractivity contribution is -0.119. The predicted molar refractivity (Wildman–Crippen MR) is 117 cm³/mol. The van der Waals surface area contributed by atoms with Crippen LogP contribution in [-0.4, -0.2) is 34.7 Å². The molecule has 1 aromatic carbocycles. The molecule has 0 aliphatic carbocycles. The number of amides is 2. The van der Waals surface area contributed by atoms with Crippen LogP contribution in [-0.2, 0) is 25.6 Å². The van der Waals surface area contributed by atoms with Crippen LogP contribution in [0.15, 0.2) is 17.0 Å². The average Bonchev–Trinajstić information content (AvgIpc) is 2.81. The molecule has 0 aromatic heterocycles. The van der Waals surface area contributed by atoms with Gasteiger partial charge in [-0.1, -0.05) is 48.5 Å². The third-order valence-electron chi connectivity index (χ3n) is 4.54. The van der Waals surface area contributed by atoms with E-state index in [0.29, 0.717) is 39.2 Å². The zero-order valence-electron chi connectivity index (χ0n) is 18.0. The van der Waals surface area contributed by atoms with Gasteiger partial charge in [0.15, 0.2) is 0 Å². The Labute approximate surface area is 177 Å². The number of hydrogen-bond acceptors (Lipinski definition) is 6. The van der Waals surface area contributed by atoms with Crippen LogP contribution in [0.3, 0.4) is 0 Å². The lowest BCUT2D eigenvalue weighted by Crippen LogP contribution is -2.36. The molecular formula is C21H29NO5S2. The SMILES string of the molecule is CCCS(=O)(=O)N1C(=O)S/C(=C\c2cc(C(C)(C)C)c(O)c(C(C)(C)C)c2)C1=O. The summed E-state index contributed by atoms with van der Waals surface area (Å²) in [5.41, 5.74) is 1.37. The van der Waals surface area contributed by atoms with Crippen molar-refractivity contribution in [2.45, 2.75) is 65.7 Å². The molecule has 160 valence electrons. The van der Waals surface area contributed by atoms with E-state index in [4.69, 9.17) is 0 Å². The molecule has 1 aliphatic heterocycles. The normalized spacial score (nSPS) is 17.5. The number of thioether (sulfide) groups is 1. The van der Waals surface area contributed by atoms with Gasteiger partial charge in [-0.15, -0.1) is 0 Å². The predicted octanol–water partition coefficient (Wildman–Crippen LogP) is 4.76. The number of nitrogens with zero attached hydrogens (tertiary/aromatic N) is 1. The van der Waals surface area contributed by atoms with E-state index in [0.717, 1.165) is 0 Å². The Morgan fingerprint density at radius 2 is 1.52 bits per heavy atom. The Balaban J connectivity index is 2.60. The molecule has 8 heteroatoms. The van der Waals surface area contributed by atoms with Crippen LogP contribution in [0.25, 0.3) is 6.08 Å². The fourth-order valence-electron chi connectivity index (χ4n) is 3.08. The maximum absolute atomic E-state index is 12.7. The number of imide groups is 1. The van der Waals surface area contributed by atoms with Crippen molar-refractivity contribution in [2.75, 3.05) is 5.75 Å². The summed E-state index contributed by atoms with van der Waals surface area (Å²) in [4.78, 5) is 24.9. The Morgan fingerprint density at radius 3 is 1.93 bits per heavy atom. The van der Waals surface area contributed by atoms with Gasteiger partial charge in [-0.05, 0) is 52.8 Å². The molecule has 29 heavy (non-hydrogen) atoms. The number of sulfonamides is 1. The lowest BCUT2D eigenvalue weighted by Gasteiger charge is -2.28. The highest BCUT2D eigenvalue weighted by Gasteiger charge is 2.43. The number of hydrogen-bond donors (Lipinski definition) is 1. The third-order valence-corrected chi connectivity index (χ3v) is 7.34. The van der Waals surface area contributed by atoms with Crippen LogP contribution in [0, 0.1) is 0 Å². The molecule has 1 fully saturated rings. The maximum Gasteiger partial charge on any atom is 0.307 e. The summed E-state index contributed by atoms with van der Waals surface area (Å²) in [7, 11) is -3.97. The first-order valence-electron chi connectivity index (χ1n) is 9.48. The number of benzene rings is 1. The van der Waals surface area contributed by atoms with Crippen LogP contribution in [0.4, 0.5) is 4.79 Å². The van der Waals surface area contributed by atoms with Gasteiger partial charge in [-0.2, -0.15) is 4.31 Å². The summed E-state index contributed by atoms with van der Waals surface area (Å²) >= 11 is 0.617. The van der Waals surface area contributed by atoms with E-state index >= 15 is 0 Å². The summed E-state index contributed by atoms with van der Waals surface area (Å²) in [5.74, 6) is -0.878. The molecule has 1 N–H and O–H groups in total. The van der Waals surface area contributed by atoms with E-state index in [9.17, 15) is 23.1 Å². The van der Waals surface area contributed by atoms with E-state index in [2.05, 4.69) is 0 Å². The highest BCUT2D eigenvalue weighted by molar-refractivity contribution is 8.19. The molecule has 6 nitrogen and oxygen atoms in total. The zero-order valence-corrected chi connectivity index (χ0v) is 19.6. The fourth-order valence-corrected chi connectivity index (χ4v) is 5.59. The molecule has 1 heterocycles. The molecule has 0 bridgehead atoms. The number of aromatic hydroxyl groups is 1. The average molecular weight is 440 g/mol. The molecule has 0 radical (unpaired) electrons. The van der Waals surface area contributed by atoms with Crippen molar-refractivity contribution in [2.24, 2.45) is 0 Å². The van der Waals surface area contributed by atoms with Crippen molar-refractivity contribution in [1.29, 1.82) is 0 Å². The maximum atomic E-state index is 12.7. The molecule has 0 atom stereocenters. The molecule has 1 aromatic rings. The van der Waals surface area contributed by atoms with Crippen molar-refractivity contribution >= 4 is 39.0 Å². The van der Waals surface area contributed by atoms with Gasteiger partial charge in [-0.3, -0.25) is 9.59 Å². The molecule has 1 aliphatic rings. The number of carbonyl (C=O) groups excluding carboxylic acids is 2. The number of rotatable bonds is 4. The second-order valence-electron chi connectivity index (χ2n) is 9.23. The van der Waals surface area contributed by atoms with Crippen LogP contribution < -0.4 is 0 Å². The lowest BCUT2D eigenvalue weighted by atomic mass is 9.78. The molecule has 0 saturated carbocycles. The van der Waals surface area contributed by atoms with Gasteiger partial charge >= 0.3 is 5.24 Å². The molecule has 2 rings (SSSR count). The Morgan fingerprint density at radius 1 is 1.03 bits per heavy atom. The smallest absolute Gasteiger partial charge is 0.307 e. The van der Waals surface area contributed by atoms with Gasteiger partial charge in [0.25, 0.3) is 5.91 Å². The van der Waals surface area contributed by atoms with Gasteiger partial charge < -0.3 is 5.11 Å². The summed E-state index contributed by atoms with van der Waals surface area (Å²) in [5, 5.41) is 10.0. The topological polar surface area (TPSA) is 91.8 Å². The van der Waals surface area contributed by atoms with Crippen LogP contribution in [0.5, 0.6) is 5.75 Å². The van der Waals surface area contributed by atoms with Gasteiger partial charge in [0, 0.05) is 11.1 Å². The third kappa shape index (κ3) is 4.86. The Hall–Kier alpha value is -1.80. The minimum atomic E-state index is -3.97. The van der Waals surface area contributed by atoms with Crippen LogP contribution in [0.1, 0.15) is 71.6 Å². The minimum absolute atomic E-state index is 0.0556. The molecular weight excluding hydrogens is 410 g/mol. The van der Waals surface area contributed by atoms with E-state index in [-0.39, 0.29) is 27.2 Å². The van der Waals surface area contributed by atoms with Crippen molar-refractivity contribution < 1.29 is 23.1 Å². The van der Waals surface area contributed by atoms with Crippen LogP contribution >= 0.6 is 11.8 Å². The number of phenols is 1. The van der Waals surface area contributed by atoms with Crippen molar-refractivity contribution in [1.82, 2.24) is 4.31 Å². The molecule has 0 spiro atoms. The standard InChI is InChI=1S/C21H29NO5S2/c1-8-9-29(26,27)22-18(24)16(28-19(22)25)12-13-10-14(20(2,3)4)17(23)15(11-13)21(5,6)7/h10-12,23H,8-9H2,1-7H3/b16-12-. The summed E-state index contributed by atoms with van der Waals surface area (Å²) in [6.45, 7) is 13.5. The second-order valence-corrected chi connectivity index (χ2v) is 12.2. The van der Waals surface area contributed by atoms with Gasteiger partial charge in [-0.25, -0.2) is 8.42 Å².